The number of carboxylic acid groups (broad SMARTS) is 1. The highest BCUT2D eigenvalue weighted by molar-refractivity contribution is 6.31. The Morgan fingerprint density at radius 2 is 2.00 bits per heavy atom. The van der Waals surface area contributed by atoms with Gasteiger partial charge in [-0.1, -0.05) is 32.4 Å². The first-order chi connectivity index (χ1) is 12.5. The van der Waals surface area contributed by atoms with Gasteiger partial charge in [-0.15, -0.1) is 0 Å². The highest BCUT2D eigenvalue weighted by Gasteiger charge is 2.48. The molecule has 0 fully saturated rings. The zero-order valence-corrected chi connectivity index (χ0v) is 16.2. The maximum Gasteiger partial charge on any atom is 0.430 e. The average Bonchev–Trinajstić information content (AvgIpc) is 2.59. The van der Waals surface area contributed by atoms with E-state index in [-0.39, 0.29) is 11.3 Å². The van der Waals surface area contributed by atoms with Crippen molar-refractivity contribution in [3.05, 3.63) is 33.9 Å². The van der Waals surface area contributed by atoms with E-state index in [9.17, 15) is 18.0 Å². The van der Waals surface area contributed by atoms with Gasteiger partial charge in [-0.25, -0.2) is 4.79 Å². The summed E-state index contributed by atoms with van der Waals surface area (Å²) in [5.74, 6) is -1.69. The van der Waals surface area contributed by atoms with Crippen molar-refractivity contribution >= 4 is 23.6 Å². The van der Waals surface area contributed by atoms with Gasteiger partial charge in [-0.05, 0) is 43.2 Å². The molecule has 2 rings (SSSR count). The van der Waals surface area contributed by atoms with Crippen LogP contribution in [0.2, 0.25) is 5.02 Å². The van der Waals surface area contributed by atoms with Crippen molar-refractivity contribution in [2.75, 3.05) is 13.1 Å². The highest BCUT2D eigenvalue weighted by Crippen LogP contribution is 2.42. The number of aliphatic carboxylic acids is 1. The lowest BCUT2D eigenvalue weighted by Gasteiger charge is -2.33. The second-order valence-corrected chi connectivity index (χ2v) is 7.31. The van der Waals surface area contributed by atoms with Crippen molar-refractivity contribution in [1.29, 1.82) is 0 Å². The average molecular weight is 406 g/mol. The molecule has 2 atom stereocenters. The number of carbonyl (C=O) groups is 1. The fourth-order valence-electron chi connectivity index (χ4n) is 3.05. The van der Waals surface area contributed by atoms with E-state index in [1.54, 1.807) is 0 Å². The molecule has 150 valence electrons. The molecule has 0 aromatic heterocycles. The summed E-state index contributed by atoms with van der Waals surface area (Å²) < 4.78 is 44.9. The number of alkyl halides is 3. The van der Waals surface area contributed by atoms with Crippen LogP contribution in [0.25, 0.3) is 6.08 Å². The van der Waals surface area contributed by atoms with E-state index in [1.165, 1.54) is 12.1 Å². The van der Waals surface area contributed by atoms with Crippen molar-refractivity contribution in [3.8, 4) is 5.75 Å². The van der Waals surface area contributed by atoms with Crippen LogP contribution >= 0.6 is 11.6 Å². The summed E-state index contributed by atoms with van der Waals surface area (Å²) in [5.41, 5.74) is -0.375. The van der Waals surface area contributed by atoms with Gasteiger partial charge in [0.05, 0.1) is 5.57 Å². The maximum atomic E-state index is 13.3. The molecule has 8 heteroatoms. The van der Waals surface area contributed by atoms with Crippen LogP contribution in [0.5, 0.6) is 5.75 Å². The molecule has 0 saturated heterocycles. The van der Waals surface area contributed by atoms with Crippen LogP contribution in [-0.4, -0.2) is 36.4 Å². The van der Waals surface area contributed by atoms with Gasteiger partial charge in [0.2, 0.25) is 6.10 Å². The Morgan fingerprint density at radius 1 is 1.33 bits per heavy atom. The summed E-state index contributed by atoms with van der Waals surface area (Å²) in [7, 11) is 0. The summed E-state index contributed by atoms with van der Waals surface area (Å²) in [6, 6.07) is 2.97. The van der Waals surface area contributed by atoms with E-state index in [2.05, 4.69) is 5.32 Å². The molecule has 0 radical (unpaired) electrons. The van der Waals surface area contributed by atoms with Crippen molar-refractivity contribution in [3.63, 3.8) is 0 Å². The van der Waals surface area contributed by atoms with Crippen LogP contribution in [0.15, 0.2) is 17.7 Å². The molecule has 0 spiro atoms. The number of carboxylic acids is 1. The van der Waals surface area contributed by atoms with Gasteiger partial charge in [0, 0.05) is 22.5 Å². The molecule has 1 aromatic rings. The van der Waals surface area contributed by atoms with Gasteiger partial charge < -0.3 is 15.2 Å². The van der Waals surface area contributed by atoms with Crippen LogP contribution in [0.4, 0.5) is 13.2 Å². The fourth-order valence-corrected chi connectivity index (χ4v) is 3.45. The van der Waals surface area contributed by atoms with Gasteiger partial charge in [-0.3, -0.25) is 0 Å². The lowest BCUT2D eigenvalue weighted by atomic mass is 9.79. The van der Waals surface area contributed by atoms with Crippen LogP contribution in [-0.2, 0) is 10.2 Å². The minimum Gasteiger partial charge on any atom is -0.478 e. The number of hydrogen-bond acceptors (Lipinski definition) is 3. The molecule has 1 aromatic carbocycles. The lowest BCUT2D eigenvalue weighted by Crippen LogP contribution is -2.40. The molecule has 27 heavy (non-hydrogen) atoms. The third kappa shape index (κ3) is 4.58. The zero-order chi connectivity index (χ0) is 20.4. The summed E-state index contributed by atoms with van der Waals surface area (Å²) in [6.07, 6.45) is -4.70. The number of hydrogen-bond donors (Lipinski definition) is 2. The van der Waals surface area contributed by atoms with E-state index in [0.717, 1.165) is 19.0 Å². The van der Waals surface area contributed by atoms with E-state index in [1.807, 2.05) is 20.8 Å². The summed E-state index contributed by atoms with van der Waals surface area (Å²) in [4.78, 5) is 11.2. The first-order valence-corrected chi connectivity index (χ1v) is 9.14. The normalized spacial score (nSPS) is 18.9. The number of ether oxygens (including phenoxy) is 1. The van der Waals surface area contributed by atoms with E-state index in [4.69, 9.17) is 21.4 Å². The highest BCUT2D eigenvalue weighted by atomic mass is 35.5. The summed E-state index contributed by atoms with van der Waals surface area (Å²) in [6.45, 7) is 7.42. The van der Waals surface area contributed by atoms with Gasteiger partial charge in [0.1, 0.15) is 5.75 Å². The Balaban J connectivity index is 2.50. The van der Waals surface area contributed by atoms with Crippen LogP contribution < -0.4 is 10.1 Å². The number of nitrogens with one attached hydrogen (secondary N) is 1. The first kappa shape index (κ1) is 21.6. The van der Waals surface area contributed by atoms with Crippen molar-refractivity contribution < 1.29 is 27.8 Å². The Bertz CT molecular complexity index is 748. The number of rotatable bonds is 7. The van der Waals surface area contributed by atoms with Crippen LogP contribution in [0.1, 0.15) is 44.7 Å². The molecular formula is C19H23ClF3NO3. The number of halogens is 4. The van der Waals surface area contributed by atoms with E-state index < -0.39 is 29.2 Å². The largest absolute Gasteiger partial charge is 0.478 e. The molecule has 0 bridgehead atoms. The SMILES string of the molecule is CCCNCC(C)(CC)c1cc2c(cc1Cl)C=C(C(=O)O)C(C(F)(F)F)O2. The Hall–Kier alpha value is -1.73. The molecule has 0 amide bonds. The number of benzene rings is 1. The molecular weight excluding hydrogens is 383 g/mol. The van der Waals surface area contributed by atoms with Crippen LogP contribution in [0.3, 0.4) is 0 Å². The first-order valence-electron chi connectivity index (χ1n) is 8.76. The minimum atomic E-state index is -4.83. The topological polar surface area (TPSA) is 58.6 Å². The van der Waals surface area contributed by atoms with Crippen LogP contribution in [0, 0.1) is 0 Å². The second-order valence-electron chi connectivity index (χ2n) is 6.91. The Kier molecular flexibility index (Phi) is 6.47. The van der Waals surface area contributed by atoms with Gasteiger partial charge >= 0.3 is 12.1 Å². The molecule has 4 nitrogen and oxygen atoms in total. The minimum absolute atomic E-state index is 0.0168. The van der Waals surface area contributed by atoms with Gasteiger partial charge in [-0.2, -0.15) is 13.2 Å². The molecule has 1 aliphatic heterocycles. The van der Waals surface area contributed by atoms with Crippen molar-refractivity contribution in [1.82, 2.24) is 5.32 Å². The van der Waals surface area contributed by atoms with Crippen molar-refractivity contribution in [2.45, 2.75) is 51.3 Å². The maximum absolute atomic E-state index is 13.3. The lowest BCUT2D eigenvalue weighted by molar-refractivity contribution is -0.187. The Labute approximate surface area is 161 Å². The molecule has 1 aliphatic rings. The summed E-state index contributed by atoms with van der Waals surface area (Å²) >= 11 is 6.41. The molecule has 2 unspecified atom stereocenters. The Morgan fingerprint density at radius 3 is 2.52 bits per heavy atom. The smallest absolute Gasteiger partial charge is 0.430 e. The standard InChI is InChI=1S/C19H23ClF3NO3/c1-4-6-24-10-18(3,5-2)13-9-15-11(8-14(13)20)7-12(17(25)26)16(27-15)19(21,22)23/h7-9,16,24H,4-6,10H2,1-3H3,(H,25,26). The van der Waals surface area contributed by atoms with Gasteiger partial charge in [0.25, 0.3) is 0 Å². The van der Waals surface area contributed by atoms with Gasteiger partial charge in [0.15, 0.2) is 0 Å². The number of fused-ring (bicyclic) bond motifs is 1. The monoisotopic (exact) mass is 405 g/mol. The molecule has 2 N–H and O–H groups in total. The fraction of sp³-hybridized carbons (Fsp3) is 0.526. The summed E-state index contributed by atoms with van der Waals surface area (Å²) in [5, 5.41) is 12.8. The third-order valence-corrected chi connectivity index (χ3v) is 5.17. The predicted molar refractivity (Wildman–Crippen MR) is 98.3 cm³/mol. The third-order valence-electron chi connectivity index (χ3n) is 4.85. The van der Waals surface area contributed by atoms with E-state index >= 15 is 0 Å². The van der Waals surface area contributed by atoms with E-state index in [0.29, 0.717) is 23.6 Å². The predicted octanol–water partition coefficient (Wildman–Crippen LogP) is 4.80. The van der Waals surface area contributed by atoms with Crippen molar-refractivity contribution in [2.24, 2.45) is 0 Å². The zero-order valence-electron chi connectivity index (χ0n) is 15.4. The second kappa shape index (κ2) is 8.10. The molecule has 1 heterocycles. The molecule has 0 aliphatic carbocycles. The quantitative estimate of drug-likeness (QED) is 0.640. The molecule has 0 saturated carbocycles.